The van der Waals surface area contributed by atoms with Crippen LogP contribution in [-0.2, 0) is 16.5 Å². The first kappa shape index (κ1) is 10.5. The summed E-state index contributed by atoms with van der Waals surface area (Å²) in [6, 6.07) is 0. The zero-order valence-corrected chi connectivity index (χ0v) is 12.6. The molecule has 70 valence electrons. The van der Waals surface area contributed by atoms with Crippen LogP contribution >= 0.6 is 0 Å². The minimum absolute atomic E-state index is 0.719. The smallest absolute Gasteiger partial charge is 0.329 e. The standard InChI is InChI=1S/C4H14O4Si4/c1-2-3-4-12-7-10-5-9-6-11-8-12/h3-4,12H,2,9-11H2,1H3. The topological polar surface area (TPSA) is 36.9 Å². The van der Waals surface area contributed by atoms with Crippen LogP contribution in [0.25, 0.3) is 0 Å². The Balaban J connectivity index is 2.24. The van der Waals surface area contributed by atoms with E-state index in [4.69, 9.17) is 16.5 Å². The molecule has 0 unspecified atom stereocenters. The second-order valence-electron chi connectivity index (χ2n) is 2.30. The lowest BCUT2D eigenvalue weighted by Crippen LogP contribution is -2.31. The fourth-order valence-electron chi connectivity index (χ4n) is 0.764. The molecule has 0 bridgehead atoms. The minimum atomic E-state index is -1.50. The predicted octanol–water partition coefficient (Wildman–Crippen LogP) is -2.21. The molecule has 0 aromatic carbocycles. The lowest BCUT2D eigenvalue weighted by Gasteiger charge is -2.17. The molecular formula is C4H14O4Si4. The van der Waals surface area contributed by atoms with Gasteiger partial charge in [0.25, 0.3) is 30.0 Å². The van der Waals surface area contributed by atoms with Gasteiger partial charge in [0.15, 0.2) is 0 Å². The third kappa shape index (κ3) is 4.47. The lowest BCUT2D eigenvalue weighted by atomic mass is 10.5. The van der Waals surface area contributed by atoms with E-state index in [2.05, 4.69) is 18.7 Å². The van der Waals surface area contributed by atoms with Gasteiger partial charge in [-0.15, -0.1) is 0 Å². The highest BCUT2D eigenvalue weighted by Gasteiger charge is 2.11. The molecule has 1 aliphatic heterocycles. The monoisotopic (exact) mass is 238 g/mol. The molecule has 0 amide bonds. The van der Waals surface area contributed by atoms with Gasteiger partial charge in [-0.25, -0.2) is 0 Å². The summed E-state index contributed by atoms with van der Waals surface area (Å²) in [4.78, 5) is 0. The average Bonchev–Trinajstić information content (AvgIpc) is 2.02. The Labute approximate surface area is 81.3 Å². The van der Waals surface area contributed by atoms with E-state index in [1.54, 1.807) is 0 Å². The maximum absolute atomic E-state index is 5.52. The highest BCUT2D eigenvalue weighted by atomic mass is 28.4. The SMILES string of the molecule is CCC=C[SiH]1O[SiH2]O[SiH2]O[SiH2]O1. The number of hydrogen-bond donors (Lipinski definition) is 0. The summed E-state index contributed by atoms with van der Waals surface area (Å²) in [6.07, 6.45) is 3.13. The quantitative estimate of drug-likeness (QED) is 0.511. The molecule has 0 aliphatic carbocycles. The van der Waals surface area contributed by atoms with Crippen molar-refractivity contribution in [3.63, 3.8) is 0 Å². The van der Waals surface area contributed by atoms with Crippen molar-refractivity contribution in [2.24, 2.45) is 0 Å². The van der Waals surface area contributed by atoms with Gasteiger partial charge in [-0.1, -0.05) is 18.7 Å². The second kappa shape index (κ2) is 6.91. The van der Waals surface area contributed by atoms with E-state index in [1.807, 2.05) is 0 Å². The van der Waals surface area contributed by atoms with E-state index >= 15 is 0 Å². The summed E-state index contributed by atoms with van der Waals surface area (Å²) in [5, 5.41) is 0. The van der Waals surface area contributed by atoms with Crippen LogP contribution in [0.3, 0.4) is 0 Å². The molecule has 1 rings (SSSR count). The van der Waals surface area contributed by atoms with Crippen molar-refractivity contribution in [3.05, 3.63) is 11.8 Å². The summed E-state index contributed by atoms with van der Waals surface area (Å²) >= 11 is 0. The van der Waals surface area contributed by atoms with E-state index in [1.165, 1.54) is 0 Å². The van der Waals surface area contributed by atoms with Crippen LogP contribution in [-0.4, -0.2) is 39.3 Å². The molecule has 0 radical (unpaired) electrons. The predicted molar refractivity (Wildman–Crippen MR) is 56.6 cm³/mol. The second-order valence-corrected chi connectivity index (χ2v) is 10.1. The zero-order chi connectivity index (χ0) is 8.65. The zero-order valence-electron chi connectivity index (χ0n) is 7.19. The Morgan fingerprint density at radius 1 is 1.17 bits per heavy atom. The van der Waals surface area contributed by atoms with E-state index in [0.717, 1.165) is 6.42 Å². The van der Waals surface area contributed by atoms with Crippen molar-refractivity contribution in [1.29, 1.82) is 0 Å². The third-order valence-electron chi connectivity index (χ3n) is 1.33. The van der Waals surface area contributed by atoms with Crippen molar-refractivity contribution < 1.29 is 16.5 Å². The van der Waals surface area contributed by atoms with E-state index < -0.39 is 39.3 Å². The minimum Gasteiger partial charge on any atom is -0.425 e. The Bertz CT molecular complexity index is 135. The lowest BCUT2D eigenvalue weighted by molar-refractivity contribution is 0.336. The molecule has 4 nitrogen and oxygen atoms in total. The third-order valence-corrected chi connectivity index (χ3v) is 8.30. The first-order chi connectivity index (χ1) is 5.93. The van der Waals surface area contributed by atoms with Crippen molar-refractivity contribution in [1.82, 2.24) is 0 Å². The van der Waals surface area contributed by atoms with E-state index in [9.17, 15) is 0 Å². The molecule has 1 saturated heterocycles. The van der Waals surface area contributed by atoms with Crippen LogP contribution < -0.4 is 0 Å². The van der Waals surface area contributed by atoms with Crippen LogP contribution in [0.15, 0.2) is 11.8 Å². The Morgan fingerprint density at radius 2 is 1.83 bits per heavy atom. The van der Waals surface area contributed by atoms with Crippen LogP contribution in [0, 0.1) is 0 Å². The summed E-state index contributed by atoms with van der Waals surface area (Å²) in [6.45, 7) is 2.10. The largest absolute Gasteiger partial charge is 0.425 e. The molecule has 0 aromatic rings. The fraction of sp³-hybridized carbons (Fsp3) is 0.500. The molecule has 0 atom stereocenters. The van der Waals surface area contributed by atoms with Gasteiger partial charge in [0, 0.05) is 0 Å². The van der Waals surface area contributed by atoms with Gasteiger partial charge in [-0.05, 0) is 6.42 Å². The first-order valence-corrected chi connectivity index (χ1v) is 9.06. The Hall–Kier alpha value is 0.448. The maximum Gasteiger partial charge on any atom is 0.329 e. The van der Waals surface area contributed by atoms with Crippen LogP contribution in [0.2, 0.25) is 0 Å². The molecule has 12 heavy (non-hydrogen) atoms. The molecule has 0 saturated carbocycles. The molecule has 0 aromatic heterocycles. The van der Waals surface area contributed by atoms with Crippen molar-refractivity contribution in [2.45, 2.75) is 13.3 Å². The molecule has 1 aliphatic rings. The summed E-state index contributed by atoms with van der Waals surface area (Å²) in [7, 11) is -3.78. The van der Waals surface area contributed by atoms with Crippen LogP contribution in [0.4, 0.5) is 0 Å². The van der Waals surface area contributed by atoms with Crippen LogP contribution in [0.1, 0.15) is 13.3 Å². The molecule has 1 heterocycles. The molecule has 8 heteroatoms. The van der Waals surface area contributed by atoms with Gasteiger partial charge in [0.1, 0.15) is 0 Å². The first-order valence-electron chi connectivity index (χ1n) is 3.99. The van der Waals surface area contributed by atoms with Crippen molar-refractivity contribution in [3.8, 4) is 0 Å². The highest BCUT2D eigenvalue weighted by molar-refractivity contribution is 6.63. The summed E-state index contributed by atoms with van der Waals surface area (Å²) < 4.78 is 21.6. The maximum atomic E-state index is 5.52. The van der Waals surface area contributed by atoms with Gasteiger partial charge >= 0.3 is 9.28 Å². The molecular weight excluding hydrogens is 224 g/mol. The Kier molecular flexibility index (Phi) is 6.06. The van der Waals surface area contributed by atoms with Gasteiger partial charge in [-0.2, -0.15) is 0 Å². The molecule has 0 N–H and O–H groups in total. The Morgan fingerprint density at radius 3 is 2.42 bits per heavy atom. The summed E-state index contributed by atoms with van der Waals surface area (Å²) in [5.74, 6) is 0. The number of allylic oxidation sites excluding steroid dienone is 1. The summed E-state index contributed by atoms with van der Waals surface area (Å²) in [5.41, 5.74) is 2.07. The van der Waals surface area contributed by atoms with E-state index in [0.29, 0.717) is 0 Å². The number of hydrogen-bond acceptors (Lipinski definition) is 4. The highest BCUT2D eigenvalue weighted by Crippen LogP contribution is 1.94. The van der Waals surface area contributed by atoms with Gasteiger partial charge < -0.3 is 16.5 Å². The normalized spacial score (nSPS) is 32.9. The van der Waals surface area contributed by atoms with Crippen LogP contribution in [0.5, 0.6) is 0 Å². The fourth-order valence-corrected chi connectivity index (χ4v) is 9.05. The average molecular weight is 238 g/mol. The van der Waals surface area contributed by atoms with Crippen molar-refractivity contribution in [2.75, 3.05) is 0 Å². The van der Waals surface area contributed by atoms with Gasteiger partial charge in [-0.3, -0.25) is 0 Å². The molecule has 1 fully saturated rings. The number of rotatable bonds is 2. The van der Waals surface area contributed by atoms with Gasteiger partial charge in [0.05, 0.1) is 0 Å². The van der Waals surface area contributed by atoms with E-state index in [-0.39, 0.29) is 0 Å². The van der Waals surface area contributed by atoms with Crippen molar-refractivity contribution >= 4 is 39.3 Å². The van der Waals surface area contributed by atoms with Gasteiger partial charge in [0.2, 0.25) is 0 Å². The molecule has 0 spiro atoms.